The van der Waals surface area contributed by atoms with Gasteiger partial charge in [-0.1, -0.05) is 54.6 Å². The van der Waals surface area contributed by atoms with Crippen molar-refractivity contribution in [3.63, 3.8) is 0 Å². The molecular weight excluding hydrogens is 360 g/mol. The van der Waals surface area contributed by atoms with E-state index >= 15 is 0 Å². The molecule has 0 spiro atoms. The normalized spacial score (nSPS) is 11.1. The van der Waals surface area contributed by atoms with Gasteiger partial charge in [-0.2, -0.15) is 0 Å². The van der Waals surface area contributed by atoms with Crippen LogP contribution < -0.4 is 10.0 Å². The fraction of sp³-hybridized carbons (Fsp3) is 0.0952. The SMILES string of the molecule is Cc1ccc(C(=O)Nc2ccccc2)cc1S(=O)(=O)NCc1ccccc1. The minimum absolute atomic E-state index is 0.0964. The molecule has 0 aliphatic heterocycles. The number of amides is 1. The summed E-state index contributed by atoms with van der Waals surface area (Å²) in [5, 5.41) is 2.76. The van der Waals surface area contributed by atoms with Crippen molar-refractivity contribution in [3.05, 3.63) is 95.6 Å². The van der Waals surface area contributed by atoms with E-state index in [-0.39, 0.29) is 22.9 Å². The van der Waals surface area contributed by atoms with Gasteiger partial charge in [-0.15, -0.1) is 0 Å². The lowest BCUT2D eigenvalue weighted by Gasteiger charge is -2.12. The van der Waals surface area contributed by atoms with Crippen LogP contribution in [0.2, 0.25) is 0 Å². The number of rotatable bonds is 6. The van der Waals surface area contributed by atoms with Gasteiger partial charge in [0.1, 0.15) is 0 Å². The quantitative estimate of drug-likeness (QED) is 0.684. The monoisotopic (exact) mass is 380 g/mol. The van der Waals surface area contributed by atoms with Crippen LogP contribution >= 0.6 is 0 Å². The zero-order chi connectivity index (χ0) is 19.3. The van der Waals surface area contributed by atoms with Gasteiger partial charge in [-0.25, -0.2) is 13.1 Å². The number of carbonyl (C=O) groups is 1. The number of benzene rings is 3. The Labute approximate surface area is 159 Å². The largest absolute Gasteiger partial charge is 0.322 e. The van der Waals surface area contributed by atoms with Gasteiger partial charge >= 0.3 is 0 Å². The first-order valence-electron chi connectivity index (χ1n) is 8.46. The Morgan fingerprint density at radius 2 is 1.52 bits per heavy atom. The van der Waals surface area contributed by atoms with Crippen molar-refractivity contribution in [2.24, 2.45) is 0 Å². The predicted octanol–water partition coefficient (Wildman–Crippen LogP) is 3.73. The molecule has 3 aromatic carbocycles. The summed E-state index contributed by atoms with van der Waals surface area (Å²) in [5.74, 6) is -0.360. The number of hydrogen-bond acceptors (Lipinski definition) is 3. The molecule has 0 aromatic heterocycles. The van der Waals surface area contributed by atoms with E-state index in [0.717, 1.165) is 5.56 Å². The Morgan fingerprint density at radius 1 is 0.889 bits per heavy atom. The molecule has 6 heteroatoms. The number of para-hydroxylation sites is 1. The van der Waals surface area contributed by atoms with Crippen molar-refractivity contribution < 1.29 is 13.2 Å². The lowest BCUT2D eigenvalue weighted by molar-refractivity contribution is 0.102. The zero-order valence-electron chi connectivity index (χ0n) is 14.8. The second kappa shape index (κ2) is 8.16. The fourth-order valence-electron chi connectivity index (χ4n) is 2.61. The van der Waals surface area contributed by atoms with Gasteiger partial charge in [-0.05, 0) is 42.3 Å². The fourth-order valence-corrected chi connectivity index (χ4v) is 3.89. The number of carbonyl (C=O) groups excluding carboxylic acids is 1. The predicted molar refractivity (Wildman–Crippen MR) is 106 cm³/mol. The van der Waals surface area contributed by atoms with Crippen molar-refractivity contribution >= 4 is 21.6 Å². The van der Waals surface area contributed by atoms with E-state index in [1.165, 1.54) is 6.07 Å². The first-order chi connectivity index (χ1) is 13.0. The summed E-state index contributed by atoms with van der Waals surface area (Å²) in [6.07, 6.45) is 0. The summed E-state index contributed by atoms with van der Waals surface area (Å²) in [6, 6.07) is 22.9. The second-order valence-electron chi connectivity index (χ2n) is 6.11. The molecule has 2 N–H and O–H groups in total. The van der Waals surface area contributed by atoms with Crippen LogP contribution in [0.15, 0.2) is 83.8 Å². The molecule has 3 rings (SSSR count). The minimum Gasteiger partial charge on any atom is -0.322 e. The number of sulfonamides is 1. The van der Waals surface area contributed by atoms with Crippen LogP contribution in [0, 0.1) is 6.92 Å². The van der Waals surface area contributed by atoms with Gasteiger partial charge in [-0.3, -0.25) is 4.79 Å². The standard InChI is InChI=1S/C21H20N2O3S/c1-16-12-13-18(21(24)23-19-10-6-3-7-11-19)14-20(16)27(25,26)22-15-17-8-4-2-5-9-17/h2-14,22H,15H2,1H3,(H,23,24). The topological polar surface area (TPSA) is 75.3 Å². The zero-order valence-corrected chi connectivity index (χ0v) is 15.7. The molecule has 0 aliphatic rings. The molecule has 5 nitrogen and oxygen atoms in total. The lowest BCUT2D eigenvalue weighted by atomic mass is 10.1. The summed E-state index contributed by atoms with van der Waals surface area (Å²) in [4.78, 5) is 12.6. The highest BCUT2D eigenvalue weighted by molar-refractivity contribution is 7.89. The Hall–Kier alpha value is -2.96. The van der Waals surface area contributed by atoms with Crippen molar-refractivity contribution in [2.75, 3.05) is 5.32 Å². The highest BCUT2D eigenvalue weighted by Crippen LogP contribution is 2.19. The highest BCUT2D eigenvalue weighted by atomic mass is 32.2. The van der Waals surface area contributed by atoms with Gasteiger partial charge in [0.2, 0.25) is 10.0 Å². The lowest BCUT2D eigenvalue weighted by Crippen LogP contribution is -2.24. The molecule has 0 fully saturated rings. The molecule has 0 heterocycles. The third kappa shape index (κ3) is 4.81. The van der Waals surface area contributed by atoms with E-state index in [9.17, 15) is 13.2 Å². The van der Waals surface area contributed by atoms with Crippen molar-refractivity contribution in [1.82, 2.24) is 4.72 Å². The van der Waals surface area contributed by atoms with Crippen LogP contribution in [0.25, 0.3) is 0 Å². The van der Waals surface area contributed by atoms with E-state index < -0.39 is 10.0 Å². The average Bonchev–Trinajstić information content (AvgIpc) is 2.68. The van der Waals surface area contributed by atoms with Crippen molar-refractivity contribution in [1.29, 1.82) is 0 Å². The van der Waals surface area contributed by atoms with Crippen molar-refractivity contribution in [2.45, 2.75) is 18.4 Å². The van der Waals surface area contributed by atoms with Crippen LogP contribution in [0.3, 0.4) is 0 Å². The Bertz CT molecular complexity index is 1030. The van der Waals surface area contributed by atoms with Gasteiger partial charge in [0.05, 0.1) is 4.90 Å². The molecule has 27 heavy (non-hydrogen) atoms. The third-order valence-corrected chi connectivity index (χ3v) is 5.62. The van der Waals surface area contributed by atoms with Crippen molar-refractivity contribution in [3.8, 4) is 0 Å². The highest BCUT2D eigenvalue weighted by Gasteiger charge is 2.19. The summed E-state index contributed by atoms with van der Waals surface area (Å²) in [7, 11) is -3.75. The number of nitrogens with one attached hydrogen (secondary N) is 2. The molecule has 0 saturated heterocycles. The Kier molecular flexibility index (Phi) is 5.69. The second-order valence-corrected chi connectivity index (χ2v) is 7.85. The number of aryl methyl sites for hydroxylation is 1. The third-order valence-electron chi connectivity index (χ3n) is 4.08. The first kappa shape index (κ1) is 18.8. The van der Waals surface area contributed by atoms with E-state index in [1.54, 1.807) is 31.2 Å². The summed E-state index contributed by atoms with van der Waals surface area (Å²) in [5.41, 5.74) is 2.36. The maximum Gasteiger partial charge on any atom is 0.255 e. The Balaban J connectivity index is 1.80. The molecule has 0 aliphatic carbocycles. The average molecular weight is 380 g/mol. The molecule has 0 radical (unpaired) electrons. The summed E-state index contributed by atoms with van der Waals surface area (Å²) in [6.45, 7) is 1.89. The summed E-state index contributed by atoms with van der Waals surface area (Å²) < 4.78 is 28.0. The molecule has 1 amide bonds. The van der Waals surface area contributed by atoms with Crippen LogP contribution in [-0.4, -0.2) is 14.3 Å². The number of anilines is 1. The van der Waals surface area contributed by atoms with E-state index in [0.29, 0.717) is 11.3 Å². The van der Waals surface area contributed by atoms with Crippen LogP contribution in [0.1, 0.15) is 21.5 Å². The maximum absolute atomic E-state index is 12.7. The molecule has 0 bridgehead atoms. The maximum atomic E-state index is 12.7. The van der Waals surface area contributed by atoms with Gasteiger partial charge in [0, 0.05) is 17.8 Å². The van der Waals surface area contributed by atoms with Crippen LogP contribution in [0.5, 0.6) is 0 Å². The Morgan fingerprint density at radius 3 is 2.19 bits per heavy atom. The van der Waals surface area contributed by atoms with Gasteiger partial charge < -0.3 is 5.32 Å². The summed E-state index contributed by atoms with van der Waals surface area (Å²) >= 11 is 0. The molecule has 0 unspecified atom stereocenters. The van der Waals surface area contributed by atoms with E-state index in [1.807, 2.05) is 48.5 Å². The molecule has 0 saturated carbocycles. The van der Waals surface area contributed by atoms with Gasteiger partial charge in [0.25, 0.3) is 5.91 Å². The van der Waals surface area contributed by atoms with E-state index in [4.69, 9.17) is 0 Å². The molecule has 138 valence electrons. The molecular formula is C21H20N2O3S. The first-order valence-corrected chi connectivity index (χ1v) is 9.95. The number of hydrogen-bond donors (Lipinski definition) is 2. The molecule has 0 atom stereocenters. The van der Waals surface area contributed by atoms with Crippen LogP contribution in [-0.2, 0) is 16.6 Å². The minimum atomic E-state index is -3.75. The molecule has 3 aromatic rings. The van der Waals surface area contributed by atoms with Gasteiger partial charge in [0.15, 0.2) is 0 Å². The smallest absolute Gasteiger partial charge is 0.255 e. The van der Waals surface area contributed by atoms with E-state index in [2.05, 4.69) is 10.0 Å². The van der Waals surface area contributed by atoms with Crippen LogP contribution in [0.4, 0.5) is 5.69 Å².